The summed E-state index contributed by atoms with van der Waals surface area (Å²) in [5.41, 5.74) is 0.178. The van der Waals surface area contributed by atoms with Crippen molar-refractivity contribution < 1.29 is 4.21 Å². The molecule has 0 spiro atoms. The van der Waals surface area contributed by atoms with Crippen LogP contribution in [0.3, 0.4) is 0 Å². The molecule has 2 unspecified atom stereocenters. The molecule has 0 radical (unpaired) electrons. The fourth-order valence-corrected chi connectivity index (χ4v) is 2.27. The highest BCUT2D eigenvalue weighted by Crippen LogP contribution is 2.03. The van der Waals surface area contributed by atoms with Crippen molar-refractivity contribution in [2.45, 2.75) is 58.2 Å². The van der Waals surface area contributed by atoms with Crippen LogP contribution < -0.4 is 5.32 Å². The standard InChI is InChI=1S/C11H25NOS/c1-6-10(2)14(13)9-7-8-12-11(3,4)5/h10,12H,6-9H2,1-5H3. The molecule has 86 valence electrons. The van der Waals surface area contributed by atoms with Crippen LogP contribution in [0.4, 0.5) is 0 Å². The molecule has 14 heavy (non-hydrogen) atoms. The summed E-state index contributed by atoms with van der Waals surface area (Å²) in [6.07, 6.45) is 2.02. The van der Waals surface area contributed by atoms with Crippen molar-refractivity contribution >= 4 is 10.8 Å². The van der Waals surface area contributed by atoms with Crippen molar-refractivity contribution in [1.82, 2.24) is 5.32 Å². The van der Waals surface area contributed by atoms with E-state index in [1.54, 1.807) is 0 Å². The van der Waals surface area contributed by atoms with Crippen molar-refractivity contribution in [3.63, 3.8) is 0 Å². The van der Waals surface area contributed by atoms with Crippen molar-refractivity contribution in [2.75, 3.05) is 12.3 Å². The van der Waals surface area contributed by atoms with Crippen LogP contribution in [-0.4, -0.2) is 27.3 Å². The topological polar surface area (TPSA) is 29.1 Å². The Morgan fingerprint density at radius 1 is 1.36 bits per heavy atom. The Labute approximate surface area is 91.3 Å². The number of hydrogen-bond donors (Lipinski definition) is 1. The average molecular weight is 219 g/mol. The molecule has 0 aliphatic carbocycles. The van der Waals surface area contributed by atoms with Crippen LogP contribution in [0.5, 0.6) is 0 Å². The third kappa shape index (κ3) is 7.51. The van der Waals surface area contributed by atoms with Gasteiger partial charge in [-0.25, -0.2) is 0 Å². The molecule has 0 aromatic rings. The van der Waals surface area contributed by atoms with E-state index in [1.807, 2.05) is 0 Å². The first-order valence-electron chi connectivity index (χ1n) is 5.49. The lowest BCUT2D eigenvalue weighted by molar-refractivity contribution is 0.427. The first-order valence-corrected chi connectivity index (χ1v) is 6.87. The monoisotopic (exact) mass is 219 g/mol. The fraction of sp³-hybridized carbons (Fsp3) is 1.00. The normalized spacial score (nSPS) is 16.6. The summed E-state index contributed by atoms with van der Waals surface area (Å²) in [5.74, 6) is 0.831. The molecule has 0 rings (SSSR count). The summed E-state index contributed by atoms with van der Waals surface area (Å²) in [6, 6.07) is 0. The maximum Gasteiger partial charge on any atom is 0.0317 e. The van der Waals surface area contributed by atoms with Gasteiger partial charge in [0.25, 0.3) is 0 Å². The maximum absolute atomic E-state index is 11.6. The zero-order chi connectivity index (χ0) is 11.2. The quantitative estimate of drug-likeness (QED) is 0.695. The molecule has 2 atom stereocenters. The molecular weight excluding hydrogens is 194 g/mol. The molecule has 0 bridgehead atoms. The van der Waals surface area contributed by atoms with Gasteiger partial charge < -0.3 is 5.32 Å². The highest BCUT2D eigenvalue weighted by molar-refractivity contribution is 7.85. The molecule has 1 N–H and O–H groups in total. The minimum Gasteiger partial charge on any atom is -0.312 e. The number of rotatable bonds is 6. The summed E-state index contributed by atoms with van der Waals surface area (Å²) in [6.45, 7) is 11.6. The highest BCUT2D eigenvalue weighted by atomic mass is 32.2. The summed E-state index contributed by atoms with van der Waals surface area (Å²) >= 11 is 0. The Hall–Kier alpha value is 0.110. The minimum absolute atomic E-state index is 0.178. The molecule has 0 aliphatic heterocycles. The summed E-state index contributed by atoms with van der Waals surface area (Å²) in [4.78, 5) is 0. The molecule has 0 heterocycles. The second kappa shape index (κ2) is 6.57. The Bertz CT molecular complexity index is 175. The molecule has 0 saturated carbocycles. The van der Waals surface area contributed by atoms with Gasteiger partial charge in [-0.2, -0.15) is 0 Å². The van der Waals surface area contributed by atoms with E-state index in [0.717, 1.165) is 25.1 Å². The zero-order valence-corrected chi connectivity index (χ0v) is 11.0. The first-order chi connectivity index (χ1) is 6.37. The largest absolute Gasteiger partial charge is 0.312 e. The highest BCUT2D eigenvalue weighted by Gasteiger charge is 2.10. The van der Waals surface area contributed by atoms with E-state index in [1.165, 1.54) is 0 Å². The zero-order valence-electron chi connectivity index (χ0n) is 10.2. The lowest BCUT2D eigenvalue weighted by Gasteiger charge is -2.20. The second-order valence-electron chi connectivity index (χ2n) is 4.83. The molecule has 0 aliphatic rings. The first kappa shape index (κ1) is 14.1. The summed E-state index contributed by atoms with van der Waals surface area (Å²) in [5, 5.41) is 3.75. The van der Waals surface area contributed by atoms with Crippen LogP contribution >= 0.6 is 0 Å². The number of hydrogen-bond acceptors (Lipinski definition) is 2. The molecule has 0 aromatic carbocycles. The SMILES string of the molecule is CCC(C)S(=O)CCCNC(C)(C)C. The van der Waals surface area contributed by atoms with Crippen LogP contribution in [0.2, 0.25) is 0 Å². The van der Waals surface area contributed by atoms with Gasteiger partial charge in [-0.1, -0.05) is 13.8 Å². The smallest absolute Gasteiger partial charge is 0.0317 e. The lowest BCUT2D eigenvalue weighted by atomic mass is 10.1. The summed E-state index contributed by atoms with van der Waals surface area (Å²) in [7, 11) is -0.633. The molecule has 2 nitrogen and oxygen atoms in total. The van der Waals surface area contributed by atoms with Crippen LogP contribution in [-0.2, 0) is 10.8 Å². The van der Waals surface area contributed by atoms with E-state index in [9.17, 15) is 4.21 Å². The Balaban J connectivity index is 3.51. The fourth-order valence-electron chi connectivity index (χ4n) is 1.06. The molecule has 0 amide bonds. The average Bonchev–Trinajstić information content (AvgIpc) is 2.09. The second-order valence-corrected chi connectivity index (χ2v) is 6.81. The Morgan fingerprint density at radius 2 is 1.93 bits per heavy atom. The van der Waals surface area contributed by atoms with E-state index in [-0.39, 0.29) is 5.54 Å². The van der Waals surface area contributed by atoms with Gasteiger partial charge in [0.2, 0.25) is 0 Å². The maximum atomic E-state index is 11.6. The van der Waals surface area contributed by atoms with Crippen molar-refractivity contribution in [3.05, 3.63) is 0 Å². The van der Waals surface area contributed by atoms with Crippen LogP contribution in [0.25, 0.3) is 0 Å². The van der Waals surface area contributed by atoms with Crippen LogP contribution in [0.15, 0.2) is 0 Å². The molecule has 0 aromatic heterocycles. The lowest BCUT2D eigenvalue weighted by Crippen LogP contribution is -2.37. The van der Waals surface area contributed by atoms with E-state index in [0.29, 0.717) is 5.25 Å². The van der Waals surface area contributed by atoms with Crippen LogP contribution in [0.1, 0.15) is 47.5 Å². The van der Waals surface area contributed by atoms with Gasteiger partial charge in [-0.3, -0.25) is 4.21 Å². The van der Waals surface area contributed by atoms with Gasteiger partial charge in [0.1, 0.15) is 0 Å². The van der Waals surface area contributed by atoms with E-state index >= 15 is 0 Å². The van der Waals surface area contributed by atoms with E-state index < -0.39 is 10.8 Å². The van der Waals surface area contributed by atoms with Gasteiger partial charge in [-0.05, 0) is 40.2 Å². The predicted octanol–water partition coefficient (Wildman–Crippen LogP) is 2.31. The van der Waals surface area contributed by atoms with E-state index in [2.05, 4.69) is 39.9 Å². The van der Waals surface area contributed by atoms with Crippen molar-refractivity contribution in [1.29, 1.82) is 0 Å². The molecule has 0 saturated heterocycles. The van der Waals surface area contributed by atoms with Crippen LogP contribution in [0, 0.1) is 0 Å². The molecule has 3 heteroatoms. The number of nitrogens with one attached hydrogen (secondary N) is 1. The van der Waals surface area contributed by atoms with Gasteiger partial charge in [0.05, 0.1) is 0 Å². The Morgan fingerprint density at radius 3 is 2.36 bits per heavy atom. The van der Waals surface area contributed by atoms with Gasteiger partial charge >= 0.3 is 0 Å². The molecule has 0 fully saturated rings. The minimum atomic E-state index is -0.633. The Kier molecular flexibility index (Phi) is 6.62. The predicted molar refractivity (Wildman–Crippen MR) is 65.1 cm³/mol. The summed E-state index contributed by atoms with van der Waals surface area (Å²) < 4.78 is 11.6. The van der Waals surface area contributed by atoms with Gasteiger partial charge in [0.15, 0.2) is 0 Å². The van der Waals surface area contributed by atoms with Gasteiger partial charge in [-0.15, -0.1) is 0 Å². The third-order valence-corrected chi connectivity index (χ3v) is 4.12. The van der Waals surface area contributed by atoms with Crippen molar-refractivity contribution in [2.24, 2.45) is 0 Å². The van der Waals surface area contributed by atoms with Gasteiger partial charge in [0, 0.05) is 27.3 Å². The van der Waals surface area contributed by atoms with E-state index in [4.69, 9.17) is 0 Å². The third-order valence-electron chi connectivity index (χ3n) is 2.20. The van der Waals surface area contributed by atoms with Crippen molar-refractivity contribution in [3.8, 4) is 0 Å². The molecular formula is C11H25NOS.